The predicted molar refractivity (Wildman–Crippen MR) is 144 cm³/mol. The highest BCUT2D eigenvalue weighted by Gasteiger charge is 2.24. The van der Waals surface area contributed by atoms with Crippen molar-refractivity contribution in [1.82, 2.24) is 9.47 Å². The average Bonchev–Trinajstić information content (AvgIpc) is 3.13. The molecule has 1 aromatic heterocycles. The van der Waals surface area contributed by atoms with Crippen LogP contribution in [0.5, 0.6) is 5.75 Å². The molecule has 1 fully saturated rings. The van der Waals surface area contributed by atoms with Crippen LogP contribution in [-0.2, 0) is 17.5 Å². The minimum atomic E-state index is -0.575. The molecule has 8 heteroatoms. The number of aryl methyl sites for hydroxylation is 1. The maximum absolute atomic E-state index is 13.0. The van der Waals surface area contributed by atoms with Crippen LogP contribution >= 0.6 is 27.7 Å². The molecular weight excluding hydrogens is 528 g/mol. The molecule has 1 aliphatic heterocycles. The lowest BCUT2D eigenvalue weighted by Crippen LogP contribution is -2.38. The van der Waals surface area contributed by atoms with Gasteiger partial charge in [-0.15, -0.1) is 11.8 Å². The molecule has 0 amide bonds. The van der Waals surface area contributed by atoms with E-state index in [4.69, 9.17) is 9.47 Å². The van der Waals surface area contributed by atoms with Crippen LogP contribution in [0.4, 0.5) is 0 Å². The summed E-state index contributed by atoms with van der Waals surface area (Å²) in [6.45, 7) is 4.99. The van der Waals surface area contributed by atoms with Crippen LogP contribution in [0.25, 0.3) is 10.9 Å². The lowest BCUT2D eigenvalue weighted by atomic mass is 10.1. The van der Waals surface area contributed by atoms with Crippen molar-refractivity contribution in [1.29, 1.82) is 0 Å². The molecule has 4 rings (SSSR count). The predicted octanol–water partition coefficient (Wildman–Crippen LogP) is 5.64. The zero-order valence-corrected chi connectivity index (χ0v) is 22.7. The molecule has 0 saturated carbocycles. The molecule has 1 saturated heterocycles. The molecular formula is C27H33BrN2O4S. The molecule has 2 heterocycles. The number of esters is 1. The number of halogens is 1. The first-order chi connectivity index (χ1) is 17.0. The van der Waals surface area contributed by atoms with Crippen molar-refractivity contribution in [3.8, 4) is 5.75 Å². The Bertz CT molecular complexity index is 1150. The number of fused-ring (bicyclic) bond motifs is 1. The van der Waals surface area contributed by atoms with Gasteiger partial charge in [-0.25, -0.2) is 4.79 Å². The standard InChI is InChI=1S/C27H33BrN2O4S/c1-3-33-27(32)26-21-14-25(34-17-19(31)16-30-12-8-5-9-13-30)22(28)15-23(21)29(2)24(26)18-35-20-10-6-4-7-11-20/h4,6-7,10-11,14-15,19,31H,3,5,8-9,12-13,16-18H2,1-2H3. The van der Waals surface area contributed by atoms with Crippen LogP contribution in [0.3, 0.4) is 0 Å². The number of piperidine rings is 1. The molecule has 0 radical (unpaired) electrons. The first kappa shape index (κ1) is 26.1. The van der Waals surface area contributed by atoms with Gasteiger partial charge in [-0.05, 0) is 73.1 Å². The molecule has 1 unspecified atom stereocenters. The minimum absolute atomic E-state index is 0.193. The van der Waals surface area contributed by atoms with E-state index in [1.807, 2.05) is 44.3 Å². The van der Waals surface area contributed by atoms with E-state index in [9.17, 15) is 9.90 Å². The number of benzene rings is 2. The normalized spacial score (nSPS) is 15.3. The molecule has 3 aromatic rings. The molecule has 1 N–H and O–H groups in total. The van der Waals surface area contributed by atoms with E-state index in [1.54, 1.807) is 11.8 Å². The maximum atomic E-state index is 13.0. The Kier molecular flexibility index (Phi) is 9.16. The number of thioether (sulfide) groups is 1. The van der Waals surface area contributed by atoms with E-state index in [0.717, 1.165) is 39.1 Å². The number of ether oxygens (including phenoxy) is 2. The minimum Gasteiger partial charge on any atom is -0.490 e. The highest BCUT2D eigenvalue weighted by molar-refractivity contribution is 9.10. The summed E-state index contributed by atoms with van der Waals surface area (Å²) < 4.78 is 14.3. The van der Waals surface area contributed by atoms with Crippen LogP contribution in [-0.4, -0.2) is 59.5 Å². The Hall–Kier alpha value is -2.00. The van der Waals surface area contributed by atoms with Crippen LogP contribution in [0.2, 0.25) is 0 Å². The van der Waals surface area contributed by atoms with E-state index in [-0.39, 0.29) is 12.6 Å². The zero-order valence-electron chi connectivity index (χ0n) is 20.3. The highest BCUT2D eigenvalue weighted by atomic mass is 79.9. The fourth-order valence-electron chi connectivity index (χ4n) is 4.55. The molecule has 0 bridgehead atoms. The molecule has 6 nitrogen and oxygen atoms in total. The van der Waals surface area contributed by atoms with Gasteiger partial charge in [0.2, 0.25) is 0 Å². The van der Waals surface area contributed by atoms with Gasteiger partial charge >= 0.3 is 5.97 Å². The number of nitrogens with zero attached hydrogens (tertiary/aromatic N) is 2. The van der Waals surface area contributed by atoms with Crippen molar-refractivity contribution in [2.75, 3.05) is 32.8 Å². The average molecular weight is 562 g/mol. The Morgan fingerprint density at radius 3 is 2.63 bits per heavy atom. The Morgan fingerprint density at radius 1 is 1.17 bits per heavy atom. The van der Waals surface area contributed by atoms with Gasteiger partial charge in [-0.3, -0.25) is 0 Å². The van der Waals surface area contributed by atoms with E-state index >= 15 is 0 Å². The first-order valence-corrected chi connectivity index (χ1v) is 13.9. The number of carbonyl (C=O) groups is 1. The second-order valence-corrected chi connectivity index (χ2v) is 10.7. The van der Waals surface area contributed by atoms with Gasteiger partial charge < -0.3 is 24.0 Å². The van der Waals surface area contributed by atoms with Crippen LogP contribution in [0, 0.1) is 0 Å². The highest BCUT2D eigenvalue weighted by Crippen LogP contribution is 2.37. The van der Waals surface area contributed by atoms with E-state index in [0.29, 0.717) is 30.2 Å². The van der Waals surface area contributed by atoms with Crippen LogP contribution in [0.1, 0.15) is 42.2 Å². The summed E-state index contributed by atoms with van der Waals surface area (Å²) in [4.78, 5) is 16.5. The van der Waals surface area contributed by atoms with Gasteiger partial charge in [0.25, 0.3) is 0 Å². The second kappa shape index (κ2) is 12.3. The first-order valence-electron chi connectivity index (χ1n) is 12.2. The maximum Gasteiger partial charge on any atom is 0.340 e. The summed E-state index contributed by atoms with van der Waals surface area (Å²) in [7, 11) is 1.97. The lowest BCUT2D eigenvalue weighted by Gasteiger charge is -2.28. The van der Waals surface area contributed by atoms with Gasteiger partial charge in [-0.1, -0.05) is 24.6 Å². The van der Waals surface area contributed by atoms with Crippen molar-refractivity contribution in [2.24, 2.45) is 7.05 Å². The van der Waals surface area contributed by atoms with Gasteiger partial charge in [-0.2, -0.15) is 0 Å². The summed E-state index contributed by atoms with van der Waals surface area (Å²) in [5, 5.41) is 11.3. The number of hydrogen-bond donors (Lipinski definition) is 1. The third-order valence-electron chi connectivity index (χ3n) is 6.32. The molecule has 188 valence electrons. The number of carbonyl (C=O) groups excluding carboxylic acids is 1. The fourth-order valence-corrected chi connectivity index (χ4v) is 5.98. The number of aliphatic hydroxyl groups is 1. The largest absolute Gasteiger partial charge is 0.490 e. The molecule has 0 spiro atoms. The van der Waals surface area contributed by atoms with Crippen molar-refractivity contribution in [3.63, 3.8) is 0 Å². The SMILES string of the molecule is CCOC(=O)c1c(CSc2ccccc2)n(C)c2cc(Br)c(OCC(O)CN3CCCCC3)cc12. The van der Waals surface area contributed by atoms with E-state index in [1.165, 1.54) is 19.3 Å². The van der Waals surface area contributed by atoms with Crippen LogP contribution < -0.4 is 4.74 Å². The summed E-state index contributed by atoms with van der Waals surface area (Å²) in [6, 6.07) is 14.0. The monoisotopic (exact) mass is 560 g/mol. The fraction of sp³-hybridized carbons (Fsp3) is 0.444. The van der Waals surface area contributed by atoms with Gasteiger partial charge in [0.05, 0.1) is 22.2 Å². The van der Waals surface area contributed by atoms with Crippen molar-refractivity contribution in [3.05, 3.63) is 58.2 Å². The zero-order chi connectivity index (χ0) is 24.8. The van der Waals surface area contributed by atoms with E-state index in [2.05, 4.69) is 37.5 Å². The molecule has 2 aromatic carbocycles. The molecule has 0 aliphatic carbocycles. The second-order valence-electron chi connectivity index (χ2n) is 8.83. The third-order valence-corrected chi connectivity index (χ3v) is 7.96. The van der Waals surface area contributed by atoms with Crippen molar-refractivity contribution in [2.45, 2.75) is 42.9 Å². The number of rotatable bonds is 10. The van der Waals surface area contributed by atoms with Crippen LogP contribution in [0.15, 0.2) is 51.8 Å². The number of aliphatic hydroxyl groups excluding tert-OH is 1. The lowest BCUT2D eigenvalue weighted by molar-refractivity contribution is 0.0527. The van der Waals surface area contributed by atoms with E-state index < -0.39 is 6.10 Å². The number of hydrogen-bond acceptors (Lipinski definition) is 6. The Labute approximate surface area is 219 Å². The number of likely N-dealkylation sites (tertiary alicyclic amines) is 1. The summed E-state index contributed by atoms with van der Waals surface area (Å²) in [5.74, 6) is 0.903. The Morgan fingerprint density at radius 2 is 1.91 bits per heavy atom. The van der Waals surface area contributed by atoms with Crippen molar-refractivity contribution < 1.29 is 19.4 Å². The third kappa shape index (κ3) is 6.42. The smallest absolute Gasteiger partial charge is 0.340 e. The summed E-state index contributed by atoms with van der Waals surface area (Å²) >= 11 is 5.31. The summed E-state index contributed by atoms with van der Waals surface area (Å²) in [6.07, 6.45) is 3.06. The molecule has 1 aliphatic rings. The number of β-amino-alcohol motifs (C(OH)–C–C–N with tert-alkyl or cyclic N) is 1. The number of aromatic nitrogens is 1. The van der Waals surface area contributed by atoms with Gasteiger partial charge in [0, 0.05) is 35.3 Å². The molecule has 35 heavy (non-hydrogen) atoms. The quantitative estimate of drug-likeness (QED) is 0.256. The van der Waals surface area contributed by atoms with Gasteiger partial charge in [0.1, 0.15) is 18.5 Å². The molecule has 1 atom stereocenters. The topological polar surface area (TPSA) is 63.9 Å². The Balaban J connectivity index is 1.58. The summed E-state index contributed by atoms with van der Waals surface area (Å²) in [5.41, 5.74) is 2.39. The van der Waals surface area contributed by atoms with Crippen molar-refractivity contribution >= 4 is 44.6 Å². The van der Waals surface area contributed by atoms with Gasteiger partial charge in [0.15, 0.2) is 0 Å².